The summed E-state index contributed by atoms with van der Waals surface area (Å²) in [6.45, 7) is 4.15. The standard InChI is InChI=1S/C21H24ClN3O5S/c1-15-3-4-16(22)11-18(15)23-7-9-24(10-8-23)21(26)13-25(31(2,27)28)17-5-6-19-20(12-17)30-14-29-19/h3-6,11-12H,7-10,13-14H2,1-2H3. The van der Waals surface area contributed by atoms with Crippen LogP contribution in [0.3, 0.4) is 0 Å². The third-order valence-corrected chi connectivity index (χ3v) is 6.84. The van der Waals surface area contributed by atoms with Gasteiger partial charge >= 0.3 is 0 Å². The Labute approximate surface area is 186 Å². The average molecular weight is 466 g/mol. The lowest BCUT2D eigenvalue weighted by atomic mass is 10.1. The van der Waals surface area contributed by atoms with Gasteiger partial charge in [0.15, 0.2) is 11.5 Å². The van der Waals surface area contributed by atoms with Gasteiger partial charge < -0.3 is 19.3 Å². The largest absolute Gasteiger partial charge is 0.454 e. The number of carbonyl (C=O) groups is 1. The van der Waals surface area contributed by atoms with Crippen LogP contribution in [-0.4, -0.2) is 65.0 Å². The molecule has 10 heteroatoms. The van der Waals surface area contributed by atoms with Gasteiger partial charge in [-0.2, -0.15) is 0 Å². The van der Waals surface area contributed by atoms with E-state index < -0.39 is 10.0 Å². The molecule has 0 spiro atoms. The predicted octanol–water partition coefficient (Wildman–Crippen LogP) is 2.49. The summed E-state index contributed by atoms with van der Waals surface area (Å²) in [5, 5.41) is 0.673. The first kappa shape index (κ1) is 21.6. The summed E-state index contributed by atoms with van der Waals surface area (Å²) in [6, 6.07) is 10.6. The van der Waals surface area contributed by atoms with Crippen molar-refractivity contribution in [1.82, 2.24) is 4.90 Å². The number of amides is 1. The van der Waals surface area contributed by atoms with Crippen LogP contribution in [0.15, 0.2) is 36.4 Å². The van der Waals surface area contributed by atoms with Crippen molar-refractivity contribution >= 4 is 38.9 Å². The van der Waals surface area contributed by atoms with E-state index in [0.29, 0.717) is 48.4 Å². The van der Waals surface area contributed by atoms with Gasteiger partial charge in [0.2, 0.25) is 22.7 Å². The number of ether oxygens (including phenoxy) is 2. The highest BCUT2D eigenvalue weighted by Gasteiger charge is 2.28. The lowest BCUT2D eigenvalue weighted by Gasteiger charge is -2.37. The van der Waals surface area contributed by atoms with Crippen LogP contribution < -0.4 is 18.7 Å². The average Bonchev–Trinajstić information content (AvgIpc) is 3.20. The van der Waals surface area contributed by atoms with Gasteiger partial charge in [0.05, 0.1) is 11.9 Å². The van der Waals surface area contributed by atoms with Crippen molar-refractivity contribution in [3.8, 4) is 11.5 Å². The Morgan fingerprint density at radius 3 is 2.48 bits per heavy atom. The fourth-order valence-corrected chi connectivity index (χ4v) is 4.79. The number of aryl methyl sites for hydroxylation is 1. The first-order chi connectivity index (χ1) is 14.7. The van der Waals surface area contributed by atoms with E-state index in [1.165, 1.54) is 0 Å². The van der Waals surface area contributed by atoms with Crippen molar-refractivity contribution in [2.45, 2.75) is 6.92 Å². The van der Waals surface area contributed by atoms with Crippen LogP contribution in [0.25, 0.3) is 0 Å². The number of piperazine rings is 1. The normalized spacial score (nSPS) is 15.8. The first-order valence-corrected chi connectivity index (χ1v) is 12.1. The maximum Gasteiger partial charge on any atom is 0.243 e. The fraction of sp³-hybridized carbons (Fsp3) is 0.381. The van der Waals surface area contributed by atoms with Crippen LogP contribution in [0.1, 0.15) is 5.56 Å². The van der Waals surface area contributed by atoms with Gasteiger partial charge in [-0.05, 0) is 36.8 Å². The minimum Gasteiger partial charge on any atom is -0.454 e. The molecule has 0 radical (unpaired) electrons. The zero-order valence-corrected chi connectivity index (χ0v) is 18.9. The molecule has 0 atom stereocenters. The molecule has 8 nitrogen and oxygen atoms in total. The molecule has 2 aliphatic rings. The molecule has 31 heavy (non-hydrogen) atoms. The molecule has 0 saturated carbocycles. The Bertz CT molecular complexity index is 1100. The molecular formula is C21H24ClN3O5S. The summed E-state index contributed by atoms with van der Waals surface area (Å²) in [5.74, 6) is 0.769. The number of benzene rings is 2. The quantitative estimate of drug-likeness (QED) is 0.675. The number of hydrogen-bond donors (Lipinski definition) is 0. The second-order valence-electron chi connectivity index (χ2n) is 7.61. The summed E-state index contributed by atoms with van der Waals surface area (Å²) in [5.41, 5.74) is 2.54. The van der Waals surface area contributed by atoms with Crippen molar-refractivity contribution in [2.75, 3.05) is 55.0 Å². The van der Waals surface area contributed by atoms with Crippen LogP contribution in [-0.2, 0) is 14.8 Å². The number of sulfonamides is 1. The minimum absolute atomic E-state index is 0.0902. The molecule has 1 saturated heterocycles. The summed E-state index contributed by atoms with van der Waals surface area (Å²) in [6.07, 6.45) is 1.09. The number of hydrogen-bond acceptors (Lipinski definition) is 6. The number of fused-ring (bicyclic) bond motifs is 1. The third kappa shape index (κ3) is 4.67. The molecule has 0 bridgehead atoms. The van der Waals surface area contributed by atoms with Gasteiger partial charge in [0.1, 0.15) is 6.54 Å². The highest BCUT2D eigenvalue weighted by Crippen LogP contribution is 2.36. The number of nitrogens with zero attached hydrogens (tertiary/aromatic N) is 3. The molecule has 0 unspecified atom stereocenters. The van der Waals surface area contributed by atoms with Crippen LogP contribution in [0.5, 0.6) is 11.5 Å². The number of carbonyl (C=O) groups excluding carboxylic acids is 1. The molecule has 2 aromatic rings. The summed E-state index contributed by atoms with van der Waals surface area (Å²) in [4.78, 5) is 16.8. The van der Waals surface area contributed by atoms with E-state index in [0.717, 1.165) is 21.8 Å². The van der Waals surface area contributed by atoms with Gasteiger partial charge in [0, 0.05) is 43.0 Å². The molecule has 4 rings (SSSR count). The molecule has 1 amide bonds. The van der Waals surface area contributed by atoms with E-state index >= 15 is 0 Å². The SMILES string of the molecule is Cc1ccc(Cl)cc1N1CCN(C(=O)CN(c2ccc3c(c2)OCO3)S(C)(=O)=O)CC1. The zero-order chi connectivity index (χ0) is 22.2. The second-order valence-corrected chi connectivity index (χ2v) is 9.95. The van der Waals surface area contributed by atoms with Crippen molar-refractivity contribution < 1.29 is 22.7 Å². The van der Waals surface area contributed by atoms with Gasteiger partial charge in [-0.15, -0.1) is 0 Å². The Kier molecular flexibility index (Phi) is 5.90. The molecule has 2 aliphatic heterocycles. The predicted molar refractivity (Wildman–Crippen MR) is 120 cm³/mol. The van der Waals surface area contributed by atoms with E-state index in [1.807, 2.05) is 25.1 Å². The van der Waals surface area contributed by atoms with Gasteiger partial charge in [-0.1, -0.05) is 17.7 Å². The summed E-state index contributed by atoms with van der Waals surface area (Å²) >= 11 is 6.14. The van der Waals surface area contributed by atoms with E-state index in [-0.39, 0.29) is 19.2 Å². The monoisotopic (exact) mass is 465 g/mol. The molecule has 0 N–H and O–H groups in total. The van der Waals surface area contributed by atoms with E-state index in [4.69, 9.17) is 21.1 Å². The lowest BCUT2D eigenvalue weighted by molar-refractivity contribution is -0.129. The number of halogens is 1. The Balaban J connectivity index is 1.45. The van der Waals surface area contributed by atoms with Crippen LogP contribution in [0.4, 0.5) is 11.4 Å². The van der Waals surface area contributed by atoms with Gasteiger partial charge in [0.25, 0.3) is 0 Å². The highest BCUT2D eigenvalue weighted by atomic mass is 35.5. The molecule has 1 fully saturated rings. The second kappa shape index (κ2) is 8.47. The summed E-state index contributed by atoms with van der Waals surface area (Å²) < 4.78 is 36.6. The first-order valence-electron chi connectivity index (χ1n) is 9.88. The Morgan fingerprint density at radius 1 is 1.06 bits per heavy atom. The van der Waals surface area contributed by atoms with Crippen molar-refractivity contribution in [2.24, 2.45) is 0 Å². The minimum atomic E-state index is -3.67. The van der Waals surface area contributed by atoms with Crippen molar-refractivity contribution in [3.63, 3.8) is 0 Å². The molecule has 2 heterocycles. The number of rotatable bonds is 5. The van der Waals surface area contributed by atoms with Gasteiger partial charge in [-0.3, -0.25) is 9.10 Å². The maximum absolute atomic E-state index is 13.0. The van der Waals surface area contributed by atoms with Crippen LogP contribution in [0.2, 0.25) is 5.02 Å². The molecular weight excluding hydrogens is 442 g/mol. The van der Waals surface area contributed by atoms with E-state index in [2.05, 4.69) is 4.90 Å². The molecule has 166 valence electrons. The smallest absolute Gasteiger partial charge is 0.243 e. The zero-order valence-electron chi connectivity index (χ0n) is 17.4. The van der Waals surface area contributed by atoms with E-state index in [9.17, 15) is 13.2 Å². The van der Waals surface area contributed by atoms with Crippen molar-refractivity contribution in [1.29, 1.82) is 0 Å². The Morgan fingerprint density at radius 2 is 1.77 bits per heavy atom. The van der Waals surface area contributed by atoms with E-state index in [1.54, 1.807) is 23.1 Å². The number of anilines is 2. The van der Waals surface area contributed by atoms with Gasteiger partial charge in [-0.25, -0.2) is 8.42 Å². The van der Waals surface area contributed by atoms with Crippen LogP contribution in [0, 0.1) is 6.92 Å². The molecule has 0 aliphatic carbocycles. The fourth-order valence-electron chi connectivity index (χ4n) is 3.78. The summed E-state index contributed by atoms with van der Waals surface area (Å²) in [7, 11) is -3.67. The molecule has 2 aromatic carbocycles. The Hall–Kier alpha value is -2.65. The topological polar surface area (TPSA) is 79.4 Å². The highest BCUT2D eigenvalue weighted by molar-refractivity contribution is 7.92. The van der Waals surface area contributed by atoms with Crippen molar-refractivity contribution in [3.05, 3.63) is 47.0 Å². The molecule has 0 aromatic heterocycles. The lowest BCUT2D eigenvalue weighted by Crippen LogP contribution is -2.52. The van der Waals surface area contributed by atoms with Crippen LogP contribution >= 0.6 is 11.6 Å². The maximum atomic E-state index is 13.0. The third-order valence-electron chi connectivity index (χ3n) is 5.47.